The first-order valence-electron chi connectivity index (χ1n) is 5.60. The van der Waals surface area contributed by atoms with E-state index in [1.807, 2.05) is 12.1 Å². The van der Waals surface area contributed by atoms with Crippen molar-refractivity contribution in [3.63, 3.8) is 0 Å². The zero-order valence-electron chi connectivity index (χ0n) is 10.0. The molecule has 0 atom stereocenters. The molecule has 1 rings (SSSR count). The van der Waals surface area contributed by atoms with Crippen LogP contribution < -0.4 is 0 Å². The molecule has 0 unspecified atom stereocenters. The van der Waals surface area contributed by atoms with Crippen molar-refractivity contribution in [2.24, 2.45) is 0 Å². The van der Waals surface area contributed by atoms with Crippen LogP contribution >= 0.6 is 34.8 Å². The summed E-state index contributed by atoms with van der Waals surface area (Å²) in [5.41, 5.74) is 0.897. The number of hydrogen-bond donors (Lipinski definition) is 0. The third kappa shape index (κ3) is 4.51. The van der Waals surface area contributed by atoms with Crippen molar-refractivity contribution in [1.29, 1.82) is 0 Å². The summed E-state index contributed by atoms with van der Waals surface area (Å²) in [7, 11) is 0. The van der Waals surface area contributed by atoms with Crippen LogP contribution in [0, 0.1) is 0 Å². The normalized spacial score (nSPS) is 12.8. The van der Waals surface area contributed by atoms with Crippen LogP contribution in [0.5, 0.6) is 0 Å². The lowest BCUT2D eigenvalue weighted by Gasteiger charge is -2.18. The molecule has 1 aromatic rings. The average Bonchev–Trinajstić information content (AvgIpc) is 2.35. The van der Waals surface area contributed by atoms with Crippen LogP contribution in [0.2, 0.25) is 5.02 Å². The van der Waals surface area contributed by atoms with Crippen LogP contribution in [0.3, 0.4) is 0 Å². The summed E-state index contributed by atoms with van der Waals surface area (Å²) in [5.74, 6) is 0. The highest BCUT2D eigenvalue weighted by Crippen LogP contribution is 2.27. The van der Waals surface area contributed by atoms with Crippen molar-refractivity contribution >= 4 is 39.8 Å². The molecular weight excluding hydrogens is 277 g/mol. The summed E-state index contributed by atoms with van der Waals surface area (Å²) in [6.07, 6.45) is 0. The Kier molecular flexibility index (Phi) is 6.35. The van der Waals surface area contributed by atoms with E-state index in [0.29, 0.717) is 21.6 Å². The molecule has 0 amide bonds. The highest BCUT2D eigenvalue weighted by atomic mass is 35.5. The molecule has 94 valence electrons. The Morgan fingerprint density at radius 2 is 1.59 bits per heavy atom. The highest BCUT2D eigenvalue weighted by molar-refractivity contribution is 6.54. The van der Waals surface area contributed by atoms with E-state index in [1.165, 1.54) is 0 Å². The van der Waals surface area contributed by atoms with Crippen LogP contribution in [0.25, 0.3) is 5.03 Å². The summed E-state index contributed by atoms with van der Waals surface area (Å²) < 4.78 is 0. The zero-order chi connectivity index (χ0) is 12.8. The second-order valence-corrected chi connectivity index (χ2v) is 4.96. The van der Waals surface area contributed by atoms with Gasteiger partial charge in [0.25, 0.3) is 0 Å². The Morgan fingerprint density at radius 1 is 1.06 bits per heavy atom. The number of likely N-dealkylation sites (N-methyl/N-ethyl adjacent to an activating group) is 1. The Morgan fingerprint density at radius 3 is 2.06 bits per heavy atom. The van der Waals surface area contributed by atoms with Crippen molar-refractivity contribution < 1.29 is 0 Å². The molecule has 4 heteroatoms. The first kappa shape index (κ1) is 14.8. The summed E-state index contributed by atoms with van der Waals surface area (Å²) in [5, 5.41) is 1.95. The molecule has 17 heavy (non-hydrogen) atoms. The first-order valence-corrected chi connectivity index (χ1v) is 6.74. The van der Waals surface area contributed by atoms with E-state index in [1.54, 1.807) is 12.1 Å². The number of benzene rings is 1. The zero-order valence-corrected chi connectivity index (χ0v) is 12.3. The van der Waals surface area contributed by atoms with E-state index < -0.39 is 0 Å². The van der Waals surface area contributed by atoms with Crippen molar-refractivity contribution in [3.05, 3.63) is 39.9 Å². The summed E-state index contributed by atoms with van der Waals surface area (Å²) in [4.78, 5) is 2.21. The third-order valence-electron chi connectivity index (χ3n) is 2.59. The fraction of sp³-hybridized carbons (Fsp3) is 0.385. The van der Waals surface area contributed by atoms with E-state index in [9.17, 15) is 0 Å². The molecule has 0 N–H and O–H groups in total. The average molecular weight is 293 g/mol. The molecule has 0 saturated carbocycles. The Hall–Kier alpha value is -0.210. The van der Waals surface area contributed by atoms with Crippen molar-refractivity contribution in [2.75, 3.05) is 19.6 Å². The number of halogens is 3. The molecule has 1 aromatic carbocycles. The van der Waals surface area contributed by atoms with E-state index in [0.717, 1.165) is 18.7 Å². The van der Waals surface area contributed by atoms with Gasteiger partial charge in [0.2, 0.25) is 0 Å². The fourth-order valence-electron chi connectivity index (χ4n) is 1.47. The Bertz CT molecular complexity index is 380. The molecule has 0 spiro atoms. The lowest BCUT2D eigenvalue weighted by molar-refractivity contribution is 0.335. The second-order valence-electron chi connectivity index (χ2n) is 3.69. The maximum Gasteiger partial charge on any atom is 0.0636 e. The van der Waals surface area contributed by atoms with Crippen LogP contribution in [-0.4, -0.2) is 24.5 Å². The van der Waals surface area contributed by atoms with Gasteiger partial charge in [0.05, 0.1) is 10.1 Å². The summed E-state index contributed by atoms with van der Waals surface area (Å²) >= 11 is 18.3. The first-order chi connectivity index (χ1) is 8.08. The standard InChI is InChI=1S/C13H16Cl3N/c1-3-17(4-2)9-12(15)13(16)10-5-7-11(14)8-6-10/h5-8H,3-4,9H2,1-2H3. The molecule has 0 heterocycles. The van der Waals surface area contributed by atoms with Gasteiger partial charge in [-0.15, -0.1) is 0 Å². The molecule has 1 nitrogen and oxygen atoms in total. The monoisotopic (exact) mass is 291 g/mol. The minimum atomic E-state index is 0.593. The molecule has 0 radical (unpaired) electrons. The van der Waals surface area contributed by atoms with Gasteiger partial charge in [-0.05, 0) is 30.8 Å². The van der Waals surface area contributed by atoms with Gasteiger partial charge in [-0.3, -0.25) is 4.90 Å². The van der Waals surface area contributed by atoms with Crippen LogP contribution in [0.15, 0.2) is 29.3 Å². The number of rotatable bonds is 5. The van der Waals surface area contributed by atoms with E-state index >= 15 is 0 Å². The van der Waals surface area contributed by atoms with E-state index in [2.05, 4.69) is 18.7 Å². The lowest BCUT2D eigenvalue weighted by Crippen LogP contribution is -2.24. The van der Waals surface area contributed by atoms with Gasteiger partial charge in [0, 0.05) is 11.6 Å². The number of nitrogens with zero attached hydrogens (tertiary/aromatic N) is 1. The molecule has 0 aliphatic heterocycles. The van der Waals surface area contributed by atoms with Gasteiger partial charge in [-0.2, -0.15) is 0 Å². The van der Waals surface area contributed by atoms with Crippen LogP contribution in [-0.2, 0) is 0 Å². The van der Waals surface area contributed by atoms with E-state index in [-0.39, 0.29) is 0 Å². The largest absolute Gasteiger partial charge is 0.299 e. The minimum absolute atomic E-state index is 0.593. The van der Waals surface area contributed by atoms with E-state index in [4.69, 9.17) is 34.8 Å². The van der Waals surface area contributed by atoms with Gasteiger partial charge >= 0.3 is 0 Å². The Balaban J connectivity index is 2.85. The van der Waals surface area contributed by atoms with Crippen molar-refractivity contribution in [3.8, 4) is 0 Å². The maximum absolute atomic E-state index is 6.24. The van der Waals surface area contributed by atoms with Gasteiger partial charge < -0.3 is 0 Å². The molecule has 0 bridgehead atoms. The second kappa shape index (κ2) is 7.27. The minimum Gasteiger partial charge on any atom is -0.299 e. The highest BCUT2D eigenvalue weighted by Gasteiger charge is 2.08. The van der Waals surface area contributed by atoms with Crippen molar-refractivity contribution in [2.45, 2.75) is 13.8 Å². The molecule has 0 aromatic heterocycles. The van der Waals surface area contributed by atoms with Gasteiger partial charge in [-0.25, -0.2) is 0 Å². The van der Waals surface area contributed by atoms with Gasteiger partial charge in [0.15, 0.2) is 0 Å². The summed E-state index contributed by atoms with van der Waals surface area (Å²) in [6.45, 7) is 6.79. The molecule has 0 fully saturated rings. The predicted molar refractivity (Wildman–Crippen MR) is 77.9 cm³/mol. The van der Waals surface area contributed by atoms with Crippen molar-refractivity contribution in [1.82, 2.24) is 4.90 Å². The van der Waals surface area contributed by atoms with Crippen LogP contribution in [0.1, 0.15) is 19.4 Å². The van der Waals surface area contributed by atoms with Gasteiger partial charge in [-0.1, -0.05) is 60.8 Å². The maximum atomic E-state index is 6.24. The molecule has 0 saturated heterocycles. The fourth-order valence-corrected chi connectivity index (χ4v) is 2.06. The summed E-state index contributed by atoms with van der Waals surface area (Å²) in [6, 6.07) is 7.35. The topological polar surface area (TPSA) is 3.24 Å². The molecule has 0 aliphatic rings. The van der Waals surface area contributed by atoms with Gasteiger partial charge in [0.1, 0.15) is 0 Å². The predicted octanol–water partition coefficient (Wildman–Crippen LogP) is 4.83. The third-order valence-corrected chi connectivity index (χ3v) is 3.70. The van der Waals surface area contributed by atoms with Crippen LogP contribution in [0.4, 0.5) is 0 Å². The molecule has 0 aliphatic carbocycles. The lowest BCUT2D eigenvalue weighted by atomic mass is 10.2. The smallest absolute Gasteiger partial charge is 0.0636 e. The SMILES string of the molecule is CCN(CC)CC(Cl)=C(Cl)c1ccc(Cl)cc1. The quantitative estimate of drug-likeness (QED) is 0.751. The number of hydrogen-bond acceptors (Lipinski definition) is 1. The Labute approximate surface area is 118 Å². The molecular formula is C13H16Cl3N.